The quantitative estimate of drug-likeness (QED) is 0.523. The number of ketones is 1. The van der Waals surface area contributed by atoms with E-state index in [-0.39, 0.29) is 24.6 Å². The number of imidazole rings is 1. The number of fused-ring (bicyclic) bond motifs is 1. The molecule has 0 aliphatic heterocycles. The molecule has 0 saturated heterocycles. The number of carbonyl (C=O) groups excluding carboxylic acids is 1. The minimum Gasteiger partial charge on any atom is -0.508 e. The Morgan fingerprint density at radius 1 is 1.17 bits per heavy atom. The number of aromatic hydroxyl groups is 1. The predicted octanol–water partition coefficient (Wildman–Crippen LogP) is 2.10. The Kier molecular flexibility index (Phi) is 4.25. The lowest BCUT2D eigenvalue weighted by atomic mass is 10.0. The fourth-order valence-electron chi connectivity index (χ4n) is 2.41. The van der Waals surface area contributed by atoms with E-state index in [1.54, 1.807) is 12.1 Å². The number of Topliss-reactive ketones (excluding diaryl/α,β-unsaturated/α-hetero) is 1. The molecule has 118 valence electrons. The molecule has 23 heavy (non-hydrogen) atoms. The predicted molar refractivity (Wildman–Crippen MR) is 87.8 cm³/mol. The van der Waals surface area contributed by atoms with Crippen molar-refractivity contribution in [3.8, 4) is 5.75 Å². The highest BCUT2D eigenvalue weighted by molar-refractivity contribution is 5.99. The highest BCUT2D eigenvalue weighted by Gasteiger charge is 2.12. The molecule has 1 aromatic heterocycles. The van der Waals surface area contributed by atoms with E-state index in [2.05, 4.69) is 15.3 Å². The van der Waals surface area contributed by atoms with E-state index in [1.807, 2.05) is 18.2 Å². The zero-order valence-electron chi connectivity index (χ0n) is 12.4. The van der Waals surface area contributed by atoms with Crippen LogP contribution in [0.25, 0.3) is 11.0 Å². The molecular weight excluding hydrogens is 294 g/mol. The van der Waals surface area contributed by atoms with Crippen LogP contribution in [0.2, 0.25) is 0 Å². The van der Waals surface area contributed by atoms with Gasteiger partial charge in [0.05, 0.1) is 17.6 Å². The number of phenolic OH excluding ortho intramolecular Hbond substituents is 1. The van der Waals surface area contributed by atoms with Crippen LogP contribution in [-0.4, -0.2) is 39.1 Å². The third-order valence-corrected chi connectivity index (χ3v) is 3.54. The number of nitrogens with zero attached hydrogens (tertiary/aromatic N) is 1. The van der Waals surface area contributed by atoms with Crippen LogP contribution in [-0.2, 0) is 6.42 Å². The number of para-hydroxylation sites is 1. The molecule has 6 heteroatoms. The van der Waals surface area contributed by atoms with Gasteiger partial charge < -0.3 is 20.5 Å². The number of rotatable bonds is 6. The molecule has 2 aromatic carbocycles. The fraction of sp³-hybridized carbons (Fsp3) is 0.176. The van der Waals surface area contributed by atoms with Crippen molar-refractivity contribution in [1.82, 2.24) is 9.97 Å². The average molecular weight is 311 g/mol. The Labute approximate surface area is 132 Å². The van der Waals surface area contributed by atoms with Crippen LogP contribution in [0.3, 0.4) is 0 Å². The summed E-state index contributed by atoms with van der Waals surface area (Å²) in [6.07, 6.45) is 0.229. The lowest BCUT2D eigenvalue weighted by Gasteiger charge is -2.03. The van der Waals surface area contributed by atoms with Gasteiger partial charge >= 0.3 is 0 Å². The van der Waals surface area contributed by atoms with Gasteiger partial charge in [-0.15, -0.1) is 0 Å². The summed E-state index contributed by atoms with van der Waals surface area (Å²) in [5.74, 6) is 0.666. The first-order chi connectivity index (χ1) is 11.2. The van der Waals surface area contributed by atoms with Gasteiger partial charge in [0.1, 0.15) is 5.75 Å². The number of aromatic nitrogens is 2. The molecule has 4 N–H and O–H groups in total. The van der Waals surface area contributed by atoms with Crippen LogP contribution in [0.5, 0.6) is 5.75 Å². The summed E-state index contributed by atoms with van der Waals surface area (Å²) in [5.41, 5.74) is 2.95. The minimum atomic E-state index is -0.0367. The van der Waals surface area contributed by atoms with Crippen molar-refractivity contribution < 1.29 is 15.0 Å². The molecule has 0 aliphatic carbocycles. The molecule has 0 bridgehead atoms. The van der Waals surface area contributed by atoms with Crippen LogP contribution in [0.4, 0.5) is 5.95 Å². The van der Waals surface area contributed by atoms with Crippen molar-refractivity contribution in [3.05, 3.63) is 53.6 Å². The molecule has 0 spiro atoms. The highest BCUT2D eigenvalue weighted by Crippen LogP contribution is 2.21. The van der Waals surface area contributed by atoms with E-state index >= 15 is 0 Å². The number of carbonyl (C=O) groups is 1. The maximum atomic E-state index is 12.4. The zero-order valence-corrected chi connectivity index (χ0v) is 12.4. The van der Waals surface area contributed by atoms with Crippen molar-refractivity contribution in [3.63, 3.8) is 0 Å². The molecule has 6 nitrogen and oxygen atoms in total. The molecule has 3 aromatic rings. The van der Waals surface area contributed by atoms with Crippen LogP contribution in [0.15, 0.2) is 42.5 Å². The van der Waals surface area contributed by atoms with Gasteiger partial charge in [-0.1, -0.05) is 12.1 Å². The van der Waals surface area contributed by atoms with Crippen molar-refractivity contribution >= 4 is 22.8 Å². The highest BCUT2D eigenvalue weighted by atomic mass is 16.3. The van der Waals surface area contributed by atoms with E-state index in [0.717, 1.165) is 16.6 Å². The summed E-state index contributed by atoms with van der Waals surface area (Å²) < 4.78 is 0. The van der Waals surface area contributed by atoms with Gasteiger partial charge in [0.25, 0.3) is 0 Å². The standard InChI is InChI=1S/C17H17N3O3/c21-9-8-18-17-19-14-3-1-2-12(16(14)20-17)10-15(23)11-4-6-13(22)7-5-11/h1-7,21-22H,8-10H2,(H2,18,19,20). The lowest BCUT2D eigenvalue weighted by molar-refractivity contribution is 0.0993. The summed E-state index contributed by atoms with van der Waals surface area (Å²) in [4.78, 5) is 19.9. The molecule has 0 atom stereocenters. The van der Waals surface area contributed by atoms with Gasteiger partial charge in [-0.3, -0.25) is 4.79 Å². The molecule has 0 unspecified atom stereocenters. The van der Waals surface area contributed by atoms with Crippen LogP contribution < -0.4 is 5.32 Å². The molecule has 1 heterocycles. The Morgan fingerprint density at radius 2 is 1.96 bits per heavy atom. The Morgan fingerprint density at radius 3 is 2.70 bits per heavy atom. The van der Waals surface area contributed by atoms with E-state index in [4.69, 9.17) is 5.11 Å². The topological polar surface area (TPSA) is 98.2 Å². The fourth-order valence-corrected chi connectivity index (χ4v) is 2.41. The summed E-state index contributed by atoms with van der Waals surface area (Å²) in [6, 6.07) is 11.8. The largest absolute Gasteiger partial charge is 0.508 e. The number of aliphatic hydroxyl groups is 1. The van der Waals surface area contributed by atoms with E-state index < -0.39 is 0 Å². The first kappa shape index (κ1) is 15.1. The van der Waals surface area contributed by atoms with Gasteiger partial charge in [-0.05, 0) is 35.9 Å². The van der Waals surface area contributed by atoms with Crippen molar-refractivity contribution in [2.45, 2.75) is 6.42 Å². The van der Waals surface area contributed by atoms with Crippen LogP contribution in [0.1, 0.15) is 15.9 Å². The molecular formula is C17H17N3O3. The second-order valence-electron chi connectivity index (χ2n) is 5.20. The Balaban J connectivity index is 1.85. The molecule has 0 fully saturated rings. The van der Waals surface area contributed by atoms with Crippen molar-refractivity contribution in [2.24, 2.45) is 0 Å². The van der Waals surface area contributed by atoms with Crippen LogP contribution in [0, 0.1) is 0 Å². The number of hydrogen-bond donors (Lipinski definition) is 4. The van der Waals surface area contributed by atoms with Crippen LogP contribution >= 0.6 is 0 Å². The summed E-state index contributed by atoms with van der Waals surface area (Å²) in [6.45, 7) is 0.421. The summed E-state index contributed by atoms with van der Waals surface area (Å²) >= 11 is 0. The van der Waals surface area contributed by atoms with Gasteiger partial charge in [-0.2, -0.15) is 0 Å². The SMILES string of the molecule is O=C(Cc1cccc2[nH]c(NCCO)nc12)c1ccc(O)cc1. The number of benzene rings is 2. The van der Waals surface area contributed by atoms with E-state index in [1.165, 1.54) is 12.1 Å². The second kappa shape index (κ2) is 6.50. The number of hydrogen-bond acceptors (Lipinski definition) is 5. The third kappa shape index (κ3) is 3.32. The number of aliphatic hydroxyl groups excluding tert-OH is 1. The second-order valence-corrected chi connectivity index (χ2v) is 5.20. The summed E-state index contributed by atoms with van der Waals surface area (Å²) in [5, 5.41) is 21.1. The Bertz CT molecular complexity index is 825. The summed E-state index contributed by atoms with van der Waals surface area (Å²) in [7, 11) is 0. The minimum absolute atomic E-state index is 0.0171. The monoisotopic (exact) mass is 311 g/mol. The lowest BCUT2D eigenvalue weighted by Crippen LogP contribution is -2.06. The maximum Gasteiger partial charge on any atom is 0.201 e. The van der Waals surface area contributed by atoms with Gasteiger partial charge in [0.15, 0.2) is 5.78 Å². The van der Waals surface area contributed by atoms with Gasteiger partial charge in [0, 0.05) is 18.5 Å². The maximum absolute atomic E-state index is 12.4. The molecule has 0 radical (unpaired) electrons. The number of aromatic amines is 1. The smallest absolute Gasteiger partial charge is 0.201 e. The average Bonchev–Trinajstić information content (AvgIpc) is 2.97. The number of anilines is 1. The molecule has 3 rings (SSSR count). The Hall–Kier alpha value is -2.86. The third-order valence-electron chi connectivity index (χ3n) is 3.54. The molecule has 0 aliphatic rings. The number of phenols is 1. The first-order valence-electron chi connectivity index (χ1n) is 7.32. The van der Waals surface area contributed by atoms with Crippen molar-refractivity contribution in [2.75, 3.05) is 18.5 Å². The van der Waals surface area contributed by atoms with Crippen molar-refractivity contribution in [1.29, 1.82) is 0 Å². The molecule has 0 saturated carbocycles. The van der Waals surface area contributed by atoms with Gasteiger partial charge in [-0.25, -0.2) is 4.98 Å². The molecule has 0 amide bonds. The zero-order chi connectivity index (χ0) is 16.2. The number of H-pyrrole nitrogens is 1. The normalized spacial score (nSPS) is 10.8. The van der Waals surface area contributed by atoms with Gasteiger partial charge in [0.2, 0.25) is 5.95 Å². The van der Waals surface area contributed by atoms with E-state index in [9.17, 15) is 9.90 Å². The van der Waals surface area contributed by atoms with E-state index in [0.29, 0.717) is 18.1 Å². The first-order valence-corrected chi connectivity index (χ1v) is 7.32. The number of nitrogens with one attached hydrogen (secondary N) is 2.